The van der Waals surface area contributed by atoms with Crippen LogP contribution in [-0.4, -0.2) is 10.2 Å². The quantitative estimate of drug-likeness (QED) is 0.531. The summed E-state index contributed by atoms with van der Waals surface area (Å²) in [6.07, 6.45) is 1.80. The number of rotatable bonds is 2. The van der Waals surface area contributed by atoms with E-state index in [1.807, 2.05) is 50.2 Å². The third-order valence-corrected chi connectivity index (χ3v) is 5.23. The maximum absolute atomic E-state index is 12.8. The highest BCUT2D eigenvalue weighted by Crippen LogP contribution is 2.38. The van der Waals surface area contributed by atoms with E-state index in [9.17, 15) is 4.79 Å². The number of anilines is 1. The second kappa shape index (κ2) is 6.48. The average molecular weight is 360 g/mol. The molecule has 0 spiro atoms. The topological polar surface area (TPSA) is 20.3 Å². The van der Waals surface area contributed by atoms with Gasteiger partial charge in [-0.2, -0.15) is 0 Å². The molecule has 23 heavy (non-hydrogen) atoms. The molecule has 2 nitrogen and oxygen atoms in total. The molecule has 0 radical (unpaired) electrons. The molecular formula is C18H14ClNOS2. The van der Waals surface area contributed by atoms with Crippen molar-refractivity contribution in [3.63, 3.8) is 0 Å². The summed E-state index contributed by atoms with van der Waals surface area (Å²) >= 11 is 12.9. The molecule has 1 saturated heterocycles. The van der Waals surface area contributed by atoms with Crippen LogP contribution in [0.25, 0.3) is 6.08 Å². The summed E-state index contributed by atoms with van der Waals surface area (Å²) in [4.78, 5) is 15.0. The van der Waals surface area contributed by atoms with Crippen LogP contribution in [0.1, 0.15) is 16.7 Å². The largest absolute Gasteiger partial charge is 0.270 e. The average Bonchev–Trinajstić information content (AvgIpc) is 2.77. The van der Waals surface area contributed by atoms with Crippen LogP contribution in [0.4, 0.5) is 5.69 Å². The lowest BCUT2D eigenvalue weighted by atomic mass is 10.1. The predicted octanol–water partition coefficient (Wildman–Crippen LogP) is 5.36. The second-order valence-corrected chi connectivity index (χ2v) is 7.41. The molecule has 0 aromatic heterocycles. The van der Waals surface area contributed by atoms with Gasteiger partial charge >= 0.3 is 0 Å². The number of amides is 1. The molecule has 5 heteroatoms. The Morgan fingerprint density at radius 1 is 1.17 bits per heavy atom. The number of nitrogens with zero attached hydrogens (tertiary/aromatic N) is 1. The molecule has 1 heterocycles. The van der Waals surface area contributed by atoms with E-state index in [0.717, 1.165) is 22.4 Å². The van der Waals surface area contributed by atoms with Gasteiger partial charge in [-0.3, -0.25) is 9.69 Å². The number of hydrogen-bond acceptors (Lipinski definition) is 3. The fraction of sp³-hybridized carbons (Fsp3) is 0.111. The van der Waals surface area contributed by atoms with Crippen molar-refractivity contribution >= 4 is 57.6 Å². The number of carbonyl (C=O) groups excluding carboxylic acids is 1. The van der Waals surface area contributed by atoms with E-state index < -0.39 is 0 Å². The maximum atomic E-state index is 12.8. The van der Waals surface area contributed by atoms with E-state index in [0.29, 0.717) is 14.2 Å². The molecule has 3 rings (SSSR count). The summed E-state index contributed by atoms with van der Waals surface area (Å²) in [5, 5.41) is 0.615. The van der Waals surface area contributed by atoms with Gasteiger partial charge in [0.25, 0.3) is 5.91 Å². The van der Waals surface area contributed by atoms with Crippen molar-refractivity contribution in [2.75, 3.05) is 4.90 Å². The van der Waals surface area contributed by atoms with Crippen LogP contribution in [0, 0.1) is 13.8 Å². The Balaban J connectivity index is 1.99. The standard InChI is InChI=1S/C18H14ClNOS2/c1-11-7-8-15(12(2)9-11)20-17(21)16(23-18(20)22)10-13-5-3-4-6-14(13)19/h3-10H,1-2H3/b16-10-. The smallest absolute Gasteiger partial charge is 0.268 e. The lowest BCUT2D eigenvalue weighted by Crippen LogP contribution is -2.28. The minimum Gasteiger partial charge on any atom is -0.268 e. The molecule has 2 aromatic rings. The van der Waals surface area contributed by atoms with Gasteiger partial charge in [0.05, 0.1) is 10.6 Å². The molecule has 0 saturated carbocycles. The highest BCUT2D eigenvalue weighted by atomic mass is 35.5. The van der Waals surface area contributed by atoms with Gasteiger partial charge in [-0.25, -0.2) is 0 Å². The van der Waals surface area contributed by atoms with Gasteiger partial charge < -0.3 is 0 Å². The molecule has 0 N–H and O–H groups in total. The highest BCUT2D eigenvalue weighted by molar-refractivity contribution is 8.27. The maximum Gasteiger partial charge on any atom is 0.270 e. The van der Waals surface area contributed by atoms with Gasteiger partial charge in [-0.05, 0) is 43.2 Å². The molecule has 1 amide bonds. The minimum absolute atomic E-state index is 0.105. The van der Waals surface area contributed by atoms with Gasteiger partial charge in [0.15, 0.2) is 4.32 Å². The van der Waals surface area contributed by atoms with Crippen LogP contribution in [0.15, 0.2) is 47.4 Å². The van der Waals surface area contributed by atoms with E-state index in [1.165, 1.54) is 11.8 Å². The first-order valence-electron chi connectivity index (χ1n) is 7.07. The molecule has 0 aliphatic carbocycles. The Kier molecular flexibility index (Phi) is 4.57. The van der Waals surface area contributed by atoms with Crippen LogP contribution in [0.3, 0.4) is 0 Å². The van der Waals surface area contributed by atoms with Crippen molar-refractivity contribution < 1.29 is 4.79 Å². The number of benzene rings is 2. The fourth-order valence-electron chi connectivity index (χ4n) is 2.47. The summed E-state index contributed by atoms with van der Waals surface area (Å²) in [7, 11) is 0. The van der Waals surface area contributed by atoms with Crippen molar-refractivity contribution in [2.24, 2.45) is 0 Å². The Morgan fingerprint density at radius 2 is 1.91 bits per heavy atom. The monoisotopic (exact) mass is 359 g/mol. The van der Waals surface area contributed by atoms with Crippen LogP contribution >= 0.6 is 35.6 Å². The van der Waals surface area contributed by atoms with Gasteiger partial charge in [0, 0.05) is 5.02 Å². The SMILES string of the molecule is Cc1ccc(N2C(=O)/C(=C/c3ccccc3Cl)SC2=S)c(C)c1. The molecule has 1 aliphatic rings. The zero-order chi connectivity index (χ0) is 16.6. The van der Waals surface area contributed by atoms with Gasteiger partial charge in [0.1, 0.15) is 0 Å². The number of aryl methyl sites for hydroxylation is 2. The molecule has 1 aliphatic heterocycles. The Labute approximate surface area is 150 Å². The fourth-order valence-corrected chi connectivity index (χ4v) is 3.93. The van der Waals surface area contributed by atoms with Crippen LogP contribution in [0.5, 0.6) is 0 Å². The third kappa shape index (κ3) is 3.20. The summed E-state index contributed by atoms with van der Waals surface area (Å²) < 4.78 is 0.542. The van der Waals surface area contributed by atoms with Crippen LogP contribution in [0.2, 0.25) is 5.02 Å². The lowest BCUT2D eigenvalue weighted by Gasteiger charge is -2.17. The van der Waals surface area contributed by atoms with E-state index in [-0.39, 0.29) is 5.91 Å². The molecule has 2 aromatic carbocycles. The first-order chi connectivity index (χ1) is 11.0. The first-order valence-corrected chi connectivity index (χ1v) is 8.67. The van der Waals surface area contributed by atoms with Crippen molar-refractivity contribution in [1.29, 1.82) is 0 Å². The molecule has 1 fully saturated rings. The lowest BCUT2D eigenvalue weighted by molar-refractivity contribution is -0.113. The molecule has 0 bridgehead atoms. The molecule has 0 atom stereocenters. The Bertz CT molecular complexity index is 845. The van der Waals surface area contributed by atoms with Crippen LogP contribution < -0.4 is 4.90 Å². The zero-order valence-corrected chi connectivity index (χ0v) is 15.1. The van der Waals surface area contributed by atoms with Crippen molar-refractivity contribution in [1.82, 2.24) is 0 Å². The summed E-state index contributed by atoms with van der Waals surface area (Å²) in [6, 6.07) is 13.4. The molecular weight excluding hydrogens is 346 g/mol. The number of carbonyl (C=O) groups is 1. The van der Waals surface area contributed by atoms with Crippen molar-refractivity contribution in [3.8, 4) is 0 Å². The van der Waals surface area contributed by atoms with Gasteiger partial charge in [-0.1, -0.05) is 71.5 Å². The minimum atomic E-state index is -0.105. The normalized spacial score (nSPS) is 16.5. The number of halogens is 1. The number of thiocarbonyl (C=S) groups is 1. The van der Waals surface area contributed by atoms with E-state index >= 15 is 0 Å². The van der Waals surface area contributed by atoms with Gasteiger partial charge in [0.2, 0.25) is 0 Å². The van der Waals surface area contributed by atoms with Crippen molar-refractivity contribution in [2.45, 2.75) is 13.8 Å². The Hall–Kier alpha value is -1.62. The van der Waals surface area contributed by atoms with E-state index in [2.05, 4.69) is 0 Å². The molecule has 116 valence electrons. The van der Waals surface area contributed by atoms with Gasteiger partial charge in [-0.15, -0.1) is 0 Å². The predicted molar refractivity (Wildman–Crippen MR) is 103 cm³/mol. The number of hydrogen-bond donors (Lipinski definition) is 0. The third-order valence-electron chi connectivity index (χ3n) is 3.58. The Morgan fingerprint density at radius 3 is 2.61 bits per heavy atom. The summed E-state index contributed by atoms with van der Waals surface area (Å²) in [6.45, 7) is 4.01. The summed E-state index contributed by atoms with van der Waals surface area (Å²) in [5.74, 6) is -0.105. The number of thioether (sulfide) groups is 1. The van der Waals surface area contributed by atoms with Crippen LogP contribution in [-0.2, 0) is 4.79 Å². The van der Waals surface area contributed by atoms with E-state index in [1.54, 1.807) is 17.0 Å². The summed E-state index contributed by atoms with van der Waals surface area (Å²) in [5.41, 5.74) is 3.83. The van der Waals surface area contributed by atoms with Crippen molar-refractivity contribution in [3.05, 3.63) is 69.1 Å². The first kappa shape index (κ1) is 16.2. The zero-order valence-electron chi connectivity index (χ0n) is 12.7. The molecule has 0 unspecified atom stereocenters. The van der Waals surface area contributed by atoms with E-state index in [4.69, 9.17) is 23.8 Å². The second-order valence-electron chi connectivity index (χ2n) is 5.33. The highest BCUT2D eigenvalue weighted by Gasteiger charge is 2.34.